The van der Waals surface area contributed by atoms with E-state index < -0.39 is 10.0 Å². The summed E-state index contributed by atoms with van der Waals surface area (Å²) >= 11 is 0.821. The Hall–Kier alpha value is -2.78. The van der Waals surface area contributed by atoms with E-state index in [2.05, 4.69) is 15.5 Å². The summed E-state index contributed by atoms with van der Waals surface area (Å²) < 4.78 is 26.9. The summed E-state index contributed by atoms with van der Waals surface area (Å²) in [7, 11) is -3.86. The van der Waals surface area contributed by atoms with Gasteiger partial charge in [0.2, 0.25) is 5.13 Å². The van der Waals surface area contributed by atoms with Gasteiger partial charge in [-0.3, -0.25) is 14.4 Å². The summed E-state index contributed by atoms with van der Waals surface area (Å²) in [6.45, 7) is 3.92. The van der Waals surface area contributed by atoms with Gasteiger partial charge in [0.25, 0.3) is 20.3 Å². The molecule has 1 heterocycles. The van der Waals surface area contributed by atoms with Crippen molar-refractivity contribution in [2.24, 2.45) is 0 Å². The van der Waals surface area contributed by atoms with Crippen LogP contribution >= 0.6 is 11.3 Å². The lowest BCUT2D eigenvalue weighted by atomic mass is 10.1. The normalized spacial score (nSPS) is 11.2. The lowest BCUT2D eigenvalue weighted by Crippen LogP contribution is -2.30. The van der Waals surface area contributed by atoms with Gasteiger partial charge in [-0.15, -0.1) is 10.2 Å². The molecule has 0 unspecified atom stereocenters. The molecule has 7 nitrogen and oxygen atoms in total. The lowest BCUT2D eigenvalue weighted by molar-refractivity contribution is 0.102. The summed E-state index contributed by atoms with van der Waals surface area (Å²) in [5, 5.41) is 10.3. The topological polar surface area (TPSA) is 92.3 Å². The second-order valence-electron chi connectivity index (χ2n) is 5.70. The fraction of sp³-hybridized carbons (Fsp3) is 0.167. The summed E-state index contributed by atoms with van der Waals surface area (Å²) in [5.74, 6) is -0.370. The molecule has 0 bridgehead atoms. The Morgan fingerprint density at radius 1 is 1.07 bits per heavy atom. The van der Waals surface area contributed by atoms with Crippen molar-refractivity contribution in [2.75, 3.05) is 16.2 Å². The number of rotatable bonds is 6. The van der Waals surface area contributed by atoms with E-state index in [1.54, 1.807) is 43.3 Å². The van der Waals surface area contributed by atoms with Crippen molar-refractivity contribution in [1.82, 2.24) is 10.2 Å². The zero-order valence-corrected chi connectivity index (χ0v) is 16.4. The van der Waals surface area contributed by atoms with Crippen molar-refractivity contribution < 1.29 is 13.2 Å². The first kappa shape index (κ1) is 19.0. The van der Waals surface area contributed by atoms with E-state index >= 15 is 0 Å². The molecule has 9 heteroatoms. The predicted molar refractivity (Wildman–Crippen MR) is 106 cm³/mol. The van der Waals surface area contributed by atoms with Crippen LogP contribution < -0.4 is 9.62 Å². The van der Waals surface area contributed by atoms with Crippen LogP contribution in [0.5, 0.6) is 0 Å². The highest BCUT2D eigenvalue weighted by Crippen LogP contribution is 2.27. The molecule has 0 aliphatic heterocycles. The molecular weight excluding hydrogens is 384 g/mol. The molecule has 3 rings (SSSR count). The number of amides is 1. The standard InChI is InChI=1S/C18H18N4O3S2/c1-3-22(15-7-5-4-6-8-15)27(24,25)18-21-20-17(26-18)19-16(23)14-11-9-13(2)10-12-14/h4-12H,3H2,1-2H3,(H,19,20,23). The van der Waals surface area contributed by atoms with Crippen molar-refractivity contribution in [3.05, 3.63) is 65.7 Å². The van der Waals surface area contributed by atoms with Gasteiger partial charge in [-0.2, -0.15) is 8.42 Å². The van der Waals surface area contributed by atoms with Crippen LogP contribution in [0.15, 0.2) is 58.9 Å². The van der Waals surface area contributed by atoms with Gasteiger partial charge in [0, 0.05) is 12.1 Å². The fourth-order valence-electron chi connectivity index (χ4n) is 2.42. The van der Waals surface area contributed by atoms with Crippen molar-refractivity contribution in [2.45, 2.75) is 18.2 Å². The van der Waals surface area contributed by atoms with Crippen LogP contribution in [-0.4, -0.2) is 31.1 Å². The van der Waals surface area contributed by atoms with Crippen LogP contribution in [-0.2, 0) is 10.0 Å². The molecule has 0 saturated carbocycles. The van der Waals surface area contributed by atoms with E-state index in [0.29, 0.717) is 11.3 Å². The summed E-state index contributed by atoms with van der Waals surface area (Å²) in [6.07, 6.45) is 0. The number of aromatic nitrogens is 2. The Labute approximate surface area is 161 Å². The van der Waals surface area contributed by atoms with Gasteiger partial charge in [-0.05, 0) is 38.1 Å². The summed E-state index contributed by atoms with van der Waals surface area (Å²) in [5.41, 5.74) is 2.04. The fourth-order valence-corrected chi connectivity index (χ4v) is 4.89. The third-order valence-corrected chi connectivity index (χ3v) is 6.87. The zero-order valence-electron chi connectivity index (χ0n) is 14.8. The van der Waals surface area contributed by atoms with Crippen LogP contribution in [0.1, 0.15) is 22.8 Å². The molecule has 140 valence electrons. The molecule has 0 aliphatic carbocycles. The van der Waals surface area contributed by atoms with E-state index in [1.165, 1.54) is 4.31 Å². The van der Waals surface area contributed by atoms with Gasteiger partial charge in [0.15, 0.2) is 0 Å². The molecule has 1 N–H and O–H groups in total. The van der Waals surface area contributed by atoms with Crippen molar-refractivity contribution >= 4 is 38.1 Å². The smallest absolute Gasteiger partial charge is 0.293 e. The molecule has 1 aromatic heterocycles. The average Bonchev–Trinajstić information content (AvgIpc) is 3.13. The molecule has 3 aromatic rings. The number of para-hydroxylation sites is 1. The Bertz CT molecular complexity index is 1030. The highest BCUT2D eigenvalue weighted by molar-refractivity contribution is 7.94. The Balaban J connectivity index is 1.81. The molecule has 0 atom stereocenters. The molecule has 0 radical (unpaired) electrons. The quantitative estimate of drug-likeness (QED) is 0.639. The van der Waals surface area contributed by atoms with Gasteiger partial charge in [0.05, 0.1) is 5.69 Å². The molecule has 0 aliphatic rings. The first-order chi connectivity index (χ1) is 12.9. The van der Waals surface area contributed by atoms with E-state index in [4.69, 9.17) is 0 Å². The number of sulfonamides is 1. The number of nitrogens with zero attached hydrogens (tertiary/aromatic N) is 3. The number of aryl methyl sites for hydroxylation is 1. The monoisotopic (exact) mass is 402 g/mol. The SMILES string of the molecule is CCN(c1ccccc1)S(=O)(=O)c1nnc(NC(=O)c2ccc(C)cc2)s1. The van der Waals surface area contributed by atoms with Crippen LogP contribution in [0.2, 0.25) is 0 Å². The molecule has 0 saturated heterocycles. The second-order valence-corrected chi connectivity index (χ2v) is 8.71. The minimum absolute atomic E-state index is 0.128. The maximum atomic E-state index is 12.9. The Morgan fingerprint density at radius 2 is 1.74 bits per heavy atom. The number of benzene rings is 2. The minimum Gasteiger partial charge on any atom is -0.296 e. The van der Waals surface area contributed by atoms with Gasteiger partial charge in [-0.25, -0.2) is 0 Å². The summed E-state index contributed by atoms with van der Waals surface area (Å²) in [4.78, 5) is 12.3. The van der Waals surface area contributed by atoms with Crippen LogP contribution in [0, 0.1) is 6.92 Å². The third-order valence-electron chi connectivity index (χ3n) is 3.78. The molecule has 2 aromatic carbocycles. The number of hydrogen-bond donors (Lipinski definition) is 1. The number of anilines is 2. The summed E-state index contributed by atoms with van der Waals surface area (Å²) in [6, 6.07) is 15.8. The van der Waals surface area contributed by atoms with E-state index in [1.807, 2.05) is 25.1 Å². The molecule has 0 fully saturated rings. The molecule has 27 heavy (non-hydrogen) atoms. The van der Waals surface area contributed by atoms with Crippen molar-refractivity contribution in [3.63, 3.8) is 0 Å². The first-order valence-electron chi connectivity index (χ1n) is 8.21. The Morgan fingerprint density at radius 3 is 2.37 bits per heavy atom. The van der Waals surface area contributed by atoms with Crippen LogP contribution in [0.4, 0.5) is 10.8 Å². The Kier molecular flexibility index (Phi) is 5.52. The zero-order chi connectivity index (χ0) is 19.4. The van der Waals surface area contributed by atoms with Gasteiger partial charge in [0.1, 0.15) is 0 Å². The number of carbonyl (C=O) groups excluding carboxylic acids is 1. The average molecular weight is 403 g/mol. The predicted octanol–water partition coefficient (Wildman–Crippen LogP) is 3.31. The lowest BCUT2D eigenvalue weighted by Gasteiger charge is -2.20. The largest absolute Gasteiger partial charge is 0.296 e. The van der Waals surface area contributed by atoms with Crippen molar-refractivity contribution in [3.8, 4) is 0 Å². The molecule has 1 amide bonds. The number of carbonyl (C=O) groups is 1. The van der Waals surface area contributed by atoms with E-state index in [-0.39, 0.29) is 21.9 Å². The molecule has 0 spiro atoms. The highest BCUT2D eigenvalue weighted by Gasteiger charge is 2.28. The van der Waals surface area contributed by atoms with E-state index in [0.717, 1.165) is 16.9 Å². The maximum absolute atomic E-state index is 12.9. The third kappa shape index (κ3) is 4.15. The van der Waals surface area contributed by atoms with Crippen LogP contribution in [0.25, 0.3) is 0 Å². The van der Waals surface area contributed by atoms with Gasteiger partial charge in [-0.1, -0.05) is 47.2 Å². The second kappa shape index (κ2) is 7.85. The number of nitrogens with one attached hydrogen (secondary N) is 1. The van der Waals surface area contributed by atoms with E-state index in [9.17, 15) is 13.2 Å². The minimum atomic E-state index is -3.86. The molecular formula is C18H18N4O3S2. The van der Waals surface area contributed by atoms with Crippen molar-refractivity contribution in [1.29, 1.82) is 0 Å². The van der Waals surface area contributed by atoms with Gasteiger partial charge < -0.3 is 0 Å². The van der Waals surface area contributed by atoms with Gasteiger partial charge >= 0.3 is 0 Å². The number of hydrogen-bond acceptors (Lipinski definition) is 6. The highest BCUT2D eigenvalue weighted by atomic mass is 32.2. The maximum Gasteiger partial charge on any atom is 0.293 e. The van der Waals surface area contributed by atoms with Crippen LogP contribution in [0.3, 0.4) is 0 Å². The first-order valence-corrected chi connectivity index (χ1v) is 10.5.